The molecule has 1 heterocycles. The number of primary sulfonamides is 2. The Morgan fingerprint density at radius 1 is 0.857 bits per heavy atom. The summed E-state index contributed by atoms with van der Waals surface area (Å²) < 4.78 is 45.7. The number of imide groups is 1. The van der Waals surface area contributed by atoms with Gasteiger partial charge < -0.3 is 11.1 Å². The third-order valence-corrected chi connectivity index (χ3v) is 6.44. The molecule has 1 aliphatic rings. The first-order valence-corrected chi connectivity index (χ1v) is 12.4. The summed E-state index contributed by atoms with van der Waals surface area (Å²) in [6.45, 7) is 0. The van der Waals surface area contributed by atoms with Gasteiger partial charge in [0.15, 0.2) is 5.92 Å². The van der Waals surface area contributed by atoms with Crippen LogP contribution in [0, 0.1) is 5.92 Å². The van der Waals surface area contributed by atoms with E-state index in [9.17, 15) is 36.0 Å². The Labute approximate surface area is 198 Å². The van der Waals surface area contributed by atoms with Crippen LogP contribution in [0.3, 0.4) is 0 Å². The number of amides is 5. The average Bonchev–Trinajstić information content (AvgIpc) is 3.00. The molecule has 35 heavy (non-hydrogen) atoms. The fourth-order valence-corrected chi connectivity index (χ4v) is 4.05. The Hall–Kier alpha value is -4.19. The van der Waals surface area contributed by atoms with Gasteiger partial charge in [0, 0.05) is 5.69 Å². The molecule has 15 nitrogen and oxygen atoms in total. The fraction of sp³-hybridized carbons (Fsp3) is 0.0556. The third-order valence-electron chi connectivity index (χ3n) is 4.59. The maximum atomic E-state index is 13.1. The highest BCUT2D eigenvalue weighted by molar-refractivity contribution is 7.89. The number of sulfonamides is 2. The first-order chi connectivity index (χ1) is 16.2. The molecule has 5 amide bonds. The molecule has 1 atom stereocenters. The van der Waals surface area contributed by atoms with Crippen molar-refractivity contribution in [3.05, 3.63) is 48.5 Å². The molecule has 0 saturated carbocycles. The molecule has 0 radical (unpaired) electrons. The number of hydrogen-bond acceptors (Lipinski definition) is 9. The second-order valence-electron chi connectivity index (χ2n) is 6.98. The Morgan fingerprint density at radius 3 is 1.80 bits per heavy atom. The first-order valence-electron chi connectivity index (χ1n) is 9.28. The maximum Gasteiger partial charge on any atom is 0.332 e. The SMILES string of the molecule is NC(=O)NN=C1C(=O)N(c2ccc(S(N)(=O)=O)cc2)C(=O)C1C(=O)Nc1ccc(S(N)(=O)=O)cc1. The van der Waals surface area contributed by atoms with E-state index in [2.05, 4.69) is 10.4 Å². The van der Waals surface area contributed by atoms with Gasteiger partial charge in [-0.15, -0.1) is 0 Å². The largest absolute Gasteiger partial charge is 0.350 e. The second kappa shape index (κ2) is 9.22. The first kappa shape index (κ1) is 25.4. The zero-order chi connectivity index (χ0) is 26.1. The molecule has 1 saturated heterocycles. The summed E-state index contributed by atoms with van der Waals surface area (Å²) >= 11 is 0. The number of urea groups is 1. The molecule has 3 rings (SSSR count). The molecule has 8 N–H and O–H groups in total. The highest BCUT2D eigenvalue weighted by Gasteiger charge is 2.50. The van der Waals surface area contributed by atoms with Gasteiger partial charge in [-0.2, -0.15) is 5.10 Å². The van der Waals surface area contributed by atoms with E-state index in [1.165, 1.54) is 12.1 Å². The minimum absolute atomic E-state index is 0.0563. The van der Waals surface area contributed by atoms with Crippen molar-refractivity contribution in [1.29, 1.82) is 0 Å². The highest BCUT2D eigenvalue weighted by atomic mass is 32.2. The van der Waals surface area contributed by atoms with Crippen LogP contribution in [0.1, 0.15) is 0 Å². The van der Waals surface area contributed by atoms with Crippen molar-refractivity contribution in [2.45, 2.75) is 9.79 Å². The smallest absolute Gasteiger partial charge is 0.332 e. The molecule has 0 aliphatic carbocycles. The lowest BCUT2D eigenvalue weighted by Gasteiger charge is -2.14. The van der Waals surface area contributed by atoms with Gasteiger partial charge in [-0.1, -0.05) is 0 Å². The van der Waals surface area contributed by atoms with Crippen molar-refractivity contribution in [3.8, 4) is 0 Å². The molecule has 0 aromatic heterocycles. The number of rotatable bonds is 6. The van der Waals surface area contributed by atoms with E-state index in [0.29, 0.717) is 4.90 Å². The zero-order valence-corrected chi connectivity index (χ0v) is 19.0. The Balaban J connectivity index is 1.95. The minimum atomic E-state index is -4.05. The van der Waals surface area contributed by atoms with Crippen molar-refractivity contribution in [2.24, 2.45) is 27.0 Å². The number of nitrogens with one attached hydrogen (secondary N) is 2. The van der Waals surface area contributed by atoms with E-state index in [-0.39, 0.29) is 21.2 Å². The number of nitrogens with two attached hydrogens (primary N) is 3. The van der Waals surface area contributed by atoms with Gasteiger partial charge in [0.25, 0.3) is 11.8 Å². The highest BCUT2D eigenvalue weighted by Crippen LogP contribution is 2.27. The van der Waals surface area contributed by atoms with E-state index in [1.54, 1.807) is 5.43 Å². The summed E-state index contributed by atoms with van der Waals surface area (Å²) in [6, 6.07) is 7.75. The second-order valence-corrected chi connectivity index (χ2v) is 10.1. The molecule has 2 aromatic carbocycles. The van der Waals surface area contributed by atoms with Gasteiger partial charge in [-0.05, 0) is 48.5 Å². The van der Waals surface area contributed by atoms with Crippen LogP contribution in [0.15, 0.2) is 63.4 Å². The van der Waals surface area contributed by atoms with Crippen molar-refractivity contribution in [1.82, 2.24) is 5.43 Å². The lowest BCUT2D eigenvalue weighted by atomic mass is 10.0. The number of carbonyl (C=O) groups is 4. The molecule has 1 aliphatic heterocycles. The van der Waals surface area contributed by atoms with Crippen molar-refractivity contribution in [2.75, 3.05) is 10.2 Å². The summed E-state index contributed by atoms with van der Waals surface area (Å²) in [7, 11) is -8.04. The van der Waals surface area contributed by atoms with E-state index in [0.717, 1.165) is 36.4 Å². The minimum Gasteiger partial charge on any atom is -0.350 e. The number of primary amides is 1. The van der Waals surface area contributed by atoms with E-state index < -0.39 is 55.4 Å². The fourth-order valence-electron chi connectivity index (χ4n) is 3.02. The van der Waals surface area contributed by atoms with Crippen molar-refractivity contribution >= 4 is 60.9 Å². The summed E-state index contributed by atoms with van der Waals surface area (Å²) in [5.41, 5.74) is 6.01. The molecule has 17 heteroatoms. The van der Waals surface area contributed by atoms with Crippen LogP contribution in [0.5, 0.6) is 0 Å². The lowest BCUT2D eigenvalue weighted by molar-refractivity contribution is -0.127. The Bertz CT molecular complexity index is 1470. The van der Waals surface area contributed by atoms with Crippen LogP contribution in [0.2, 0.25) is 0 Å². The zero-order valence-electron chi connectivity index (χ0n) is 17.4. The van der Waals surface area contributed by atoms with Crippen LogP contribution in [0.25, 0.3) is 0 Å². The van der Waals surface area contributed by atoms with Crippen molar-refractivity contribution < 1.29 is 36.0 Å². The molecular formula is C18H17N7O8S2. The average molecular weight is 524 g/mol. The molecular weight excluding hydrogens is 506 g/mol. The maximum absolute atomic E-state index is 13.1. The van der Waals surface area contributed by atoms with Crippen LogP contribution in [0.4, 0.5) is 16.2 Å². The number of hydrazone groups is 1. The summed E-state index contributed by atoms with van der Waals surface area (Å²) in [4.78, 5) is 50.0. The summed E-state index contributed by atoms with van der Waals surface area (Å²) in [6.07, 6.45) is 0. The summed E-state index contributed by atoms with van der Waals surface area (Å²) in [5.74, 6) is -5.04. The number of benzene rings is 2. The number of carbonyl (C=O) groups excluding carboxylic acids is 4. The quantitative estimate of drug-likeness (QED) is 0.162. The van der Waals surface area contributed by atoms with Crippen LogP contribution in [-0.4, -0.2) is 46.3 Å². The Kier molecular flexibility index (Phi) is 6.70. The predicted molar refractivity (Wildman–Crippen MR) is 120 cm³/mol. The third kappa shape index (κ3) is 5.49. The van der Waals surface area contributed by atoms with Gasteiger partial charge in [0.2, 0.25) is 26.0 Å². The Morgan fingerprint density at radius 2 is 1.34 bits per heavy atom. The van der Waals surface area contributed by atoms with Gasteiger partial charge in [-0.3, -0.25) is 14.4 Å². The molecule has 1 unspecified atom stereocenters. The molecule has 2 aromatic rings. The topological polar surface area (TPSA) is 254 Å². The van der Waals surface area contributed by atoms with E-state index >= 15 is 0 Å². The van der Waals surface area contributed by atoms with Gasteiger partial charge in [0.1, 0.15) is 5.71 Å². The number of nitrogens with zero attached hydrogens (tertiary/aromatic N) is 2. The van der Waals surface area contributed by atoms with E-state index in [1.807, 2.05) is 0 Å². The standard InChI is InChI=1S/C18H17N7O8S2/c19-18(29)24-23-14-13(15(26)22-9-1-5-11(6-2-9)34(20,30)31)16(27)25(17(14)28)10-3-7-12(8-4-10)35(21,32)33/h1-8,13H,(H,22,26)(H3,19,24,29)(H2,20,30,31)(H2,21,32,33). The lowest BCUT2D eigenvalue weighted by Crippen LogP contribution is -2.35. The monoisotopic (exact) mass is 523 g/mol. The number of hydrogen-bond donors (Lipinski definition) is 5. The molecule has 0 spiro atoms. The van der Waals surface area contributed by atoms with Crippen LogP contribution < -0.4 is 31.7 Å². The van der Waals surface area contributed by atoms with E-state index in [4.69, 9.17) is 16.0 Å². The van der Waals surface area contributed by atoms with Gasteiger partial charge in [-0.25, -0.2) is 42.2 Å². The molecule has 0 bridgehead atoms. The number of anilines is 2. The van der Waals surface area contributed by atoms with Crippen LogP contribution in [-0.2, 0) is 34.4 Å². The molecule has 1 fully saturated rings. The van der Waals surface area contributed by atoms with Gasteiger partial charge >= 0.3 is 6.03 Å². The van der Waals surface area contributed by atoms with Crippen LogP contribution >= 0.6 is 0 Å². The molecule has 184 valence electrons. The predicted octanol–water partition coefficient (Wildman–Crippen LogP) is -1.87. The van der Waals surface area contributed by atoms with Crippen molar-refractivity contribution in [3.63, 3.8) is 0 Å². The summed E-state index contributed by atoms with van der Waals surface area (Å²) in [5, 5.41) is 15.9. The normalized spacial score (nSPS) is 17.5. The van der Waals surface area contributed by atoms with Gasteiger partial charge in [0.05, 0.1) is 15.5 Å².